The van der Waals surface area contributed by atoms with Gasteiger partial charge in [-0.15, -0.1) is 12.4 Å². The van der Waals surface area contributed by atoms with Crippen molar-refractivity contribution in [1.82, 2.24) is 5.32 Å². The molecule has 0 unspecified atom stereocenters. The zero-order valence-corrected chi connectivity index (χ0v) is 15.6. The van der Waals surface area contributed by atoms with E-state index in [-0.39, 0.29) is 17.3 Å². The first-order valence-corrected chi connectivity index (χ1v) is 9.13. The number of benzene rings is 2. The van der Waals surface area contributed by atoms with Crippen LogP contribution in [0.1, 0.15) is 5.56 Å². The van der Waals surface area contributed by atoms with Crippen molar-refractivity contribution in [1.29, 1.82) is 0 Å². The number of hydrogen-bond acceptors (Lipinski definition) is 5. The molecule has 0 amide bonds. The normalized spacial score (nSPS) is 10.8. The topological polar surface area (TPSA) is 90.7 Å². The van der Waals surface area contributed by atoms with E-state index in [1.54, 1.807) is 19.2 Å². The maximum Gasteiger partial charge on any atom is 0.238 e. The Morgan fingerprint density at radius 2 is 1.72 bits per heavy atom. The van der Waals surface area contributed by atoms with Gasteiger partial charge in [0.25, 0.3) is 0 Å². The van der Waals surface area contributed by atoms with Crippen molar-refractivity contribution in [2.45, 2.75) is 11.3 Å². The molecule has 0 aromatic heterocycles. The second-order valence-corrected chi connectivity index (χ2v) is 6.78. The van der Waals surface area contributed by atoms with Gasteiger partial charge >= 0.3 is 0 Å². The van der Waals surface area contributed by atoms with Crippen LogP contribution in [0.15, 0.2) is 53.4 Å². The SMILES string of the molecule is COc1ccc(OCCNCCc2cccc(S(N)(=O)=O)c2)cc1.Cl. The summed E-state index contributed by atoms with van der Waals surface area (Å²) >= 11 is 0. The summed E-state index contributed by atoms with van der Waals surface area (Å²) in [6.07, 6.45) is 0.714. The lowest BCUT2D eigenvalue weighted by Crippen LogP contribution is -2.23. The van der Waals surface area contributed by atoms with Gasteiger partial charge in [0.1, 0.15) is 18.1 Å². The minimum Gasteiger partial charge on any atom is -0.497 e. The summed E-state index contributed by atoms with van der Waals surface area (Å²) in [7, 11) is -2.03. The van der Waals surface area contributed by atoms with E-state index in [9.17, 15) is 8.42 Å². The molecule has 0 atom stereocenters. The number of methoxy groups -OCH3 is 1. The highest BCUT2D eigenvalue weighted by molar-refractivity contribution is 7.89. The summed E-state index contributed by atoms with van der Waals surface area (Å²) in [4.78, 5) is 0.142. The molecule has 0 aliphatic rings. The molecular weight excluding hydrogens is 364 g/mol. The predicted molar refractivity (Wildman–Crippen MR) is 100 cm³/mol. The first-order chi connectivity index (χ1) is 11.5. The Morgan fingerprint density at radius 1 is 1.04 bits per heavy atom. The molecule has 2 aromatic rings. The van der Waals surface area contributed by atoms with E-state index in [2.05, 4.69) is 5.32 Å². The van der Waals surface area contributed by atoms with Crippen LogP contribution in [0.4, 0.5) is 0 Å². The number of rotatable bonds is 9. The van der Waals surface area contributed by atoms with Crippen LogP contribution in [-0.2, 0) is 16.4 Å². The quantitative estimate of drug-likeness (QED) is 0.643. The lowest BCUT2D eigenvalue weighted by atomic mass is 10.1. The summed E-state index contributed by atoms with van der Waals surface area (Å²) in [6.45, 7) is 1.96. The molecule has 0 spiro atoms. The monoisotopic (exact) mass is 386 g/mol. The van der Waals surface area contributed by atoms with Gasteiger partial charge in [-0.3, -0.25) is 0 Å². The van der Waals surface area contributed by atoms with E-state index >= 15 is 0 Å². The van der Waals surface area contributed by atoms with E-state index in [4.69, 9.17) is 14.6 Å². The zero-order chi connectivity index (χ0) is 17.4. The Kier molecular flexibility index (Phi) is 8.71. The van der Waals surface area contributed by atoms with Crippen molar-refractivity contribution >= 4 is 22.4 Å². The highest BCUT2D eigenvalue weighted by Gasteiger charge is 2.07. The Balaban J connectivity index is 0.00000312. The number of nitrogens with two attached hydrogens (primary N) is 1. The van der Waals surface area contributed by atoms with Crippen molar-refractivity contribution in [3.05, 3.63) is 54.1 Å². The number of sulfonamides is 1. The molecule has 0 aliphatic heterocycles. The summed E-state index contributed by atoms with van der Waals surface area (Å²) in [5.74, 6) is 1.58. The Labute approximate surface area is 154 Å². The first-order valence-electron chi connectivity index (χ1n) is 7.58. The lowest BCUT2D eigenvalue weighted by molar-refractivity contribution is 0.313. The Morgan fingerprint density at radius 3 is 2.36 bits per heavy atom. The largest absolute Gasteiger partial charge is 0.497 e. The van der Waals surface area contributed by atoms with E-state index in [1.807, 2.05) is 30.3 Å². The van der Waals surface area contributed by atoms with Gasteiger partial charge in [-0.25, -0.2) is 13.6 Å². The smallest absolute Gasteiger partial charge is 0.238 e. The molecule has 0 bridgehead atoms. The van der Waals surface area contributed by atoms with Gasteiger partial charge in [0.2, 0.25) is 10.0 Å². The first kappa shape index (κ1) is 21.2. The number of primary sulfonamides is 1. The fraction of sp³-hybridized carbons (Fsp3) is 0.294. The van der Waals surface area contributed by atoms with E-state index in [0.29, 0.717) is 19.6 Å². The highest BCUT2D eigenvalue weighted by atomic mass is 35.5. The predicted octanol–water partition coefficient (Wildman–Crippen LogP) is 1.98. The van der Waals surface area contributed by atoms with Crippen LogP contribution in [0.3, 0.4) is 0 Å². The minimum atomic E-state index is -3.65. The molecule has 0 radical (unpaired) electrons. The van der Waals surface area contributed by atoms with Crippen molar-refractivity contribution in [3.63, 3.8) is 0 Å². The Bertz CT molecular complexity index is 751. The van der Waals surface area contributed by atoms with Crippen LogP contribution < -0.4 is 19.9 Å². The standard InChI is InChI=1S/C17H22N2O4S.ClH/c1-22-15-5-7-16(8-6-15)23-12-11-19-10-9-14-3-2-4-17(13-14)24(18,20)21;/h2-8,13,19H,9-12H2,1H3,(H2,18,20,21);1H. The third kappa shape index (κ3) is 7.31. The molecule has 138 valence electrons. The molecule has 0 fully saturated rings. The number of nitrogens with one attached hydrogen (secondary N) is 1. The number of halogens is 1. The van der Waals surface area contributed by atoms with Gasteiger partial charge in [-0.05, 0) is 54.9 Å². The fourth-order valence-electron chi connectivity index (χ4n) is 2.15. The van der Waals surface area contributed by atoms with Gasteiger partial charge in [0, 0.05) is 6.54 Å². The number of hydrogen-bond donors (Lipinski definition) is 2. The van der Waals surface area contributed by atoms with Gasteiger partial charge in [0.15, 0.2) is 0 Å². The second kappa shape index (κ2) is 10.2. The van der Waals surface area contributed by atoms with Crippen LogP contribution in [0, 0.1) is 0 Å². The van der Waals surface area contributed by atoms with Gasteiger partial charge < -0.3 is 14.8 Å². The fourth-order valence-corrected chi connectivity index (χ4v) is 2.73. The molecule has 3 N–H and O–H groups in total. The average Bonchev–Trinajstić information content (AvgIpc) is 2.58. The Hall–Kier alpha value is -1.80. The summed E-state index contributed by atoms with van der Waals surface area (Å²) < 4.78 is 33.3. The van der Waals surface area contributed by atoms with Crippen LogP contribution in [0.25, 0.3) is 0 Å². The van der Waals surface area contributed by atoms with Crippen LogP contribution in [-0.4, -0.2) is 35.2 Å². The number of ether oxygens (including phenoxy) is 2. The lowest BCUT2D eigenvalue weighted by Gasteiger charge is -2.09. The van der Waals surface area contributed by atoms with Crippen molar-refractivity contribution in [2.24, 2.45) is 5.14 Å². The second-order valence-electron chi connectivity index (χ2n) is 5.22. The van der Waals surface area contributed by atoms with Crippen LogP contribution in [0.2, 0.25) is 0 Å². The molecule has 8 heteroatoms. The molecular formula is C17H23ClN2O4S. The molecule has 0 saturated heterocycles. The maximum atomic E-state index is 11.3. The van der Waals surface area contributed by atoms with Crippen molar-refractivity contribution < 1.29 is 17.9 Å². The van der Waals surface area contributed by atoms with Gasteiger partial charge in [0.05, 0.1) is 12.0 Å². The van der Waals surface area contributed by atoms with Crippen LogP contribution >= 0.6 is 12.4 Å². The third-order valence-electron chi connectivity index (χ3n) is 3.42. The van der Waals surface area contributed by atoms with E-state index in [1.165, 1.54) is 6.07 Å². The van der Waals surface area contributed by atoms with Crippen LogP contribution in [0.5, 0.6) is 11.5 Å². The summed E-state index contributed by atoms with van der Waals surface area (Å²) in [5, 5.41) is 8.38. The molecule has 0 aliphatic carbocycles. The molecule has 6 nitrogen and oxygen atoms in total. The highest BCUT2D eigenvalue weighted by Crippen LogP contribution is 2.16. The third-order valence-corrected chi connectivity index (χ3v) is 4.34. The van der Waals surface area contributed by atoms with Gasteiger partial charge in [-0.2, -0.15) is 0 Å². The van der Waals surface area contributed by atoms with Crippen molar-refractivity contribution in [3.8, 4) is 11.5 Å². The van der Waals surface area contributed by atoms with E-state index < -0.39 is 10.0 Å². The van der Waals surface area contributed by atoms with Crippen molar-refractivity contribution in [2.75, 3.05) is 26.8 Å². The summed E-state index contributed by atoms with van der Waals surface area (Å²) in [6, 6.07) is 14.1. The molecule has 0 heterocycles. The molecule has 2 rings (SSSR count). The van der Waals surface area contributed by atoms with Gasteiger partial charge in [-0.1, -0.05) is 12.1 Å². The zero-order valence-electron chi connectivity index (χ0n) is 14.0. The molecule has 2 aromatic carbocycles. The molecule has 0 saturated carbocycles. The van der Waals surface area contributed by atoms with E-state index in [0.717, 1.165) is 23.6 Å². The minimum absolute atomic E-state index is 0. The maximum absolute atomic E-state index is 11.3. The average molecular weight is 387 g/mol. The summed E-state index contributed by atoms with van der Waals surface area (Å²) in [5.41, 5.74) is 0.921. The molecule has 25 heavy (non-hydrogen) atoms.